The summed E-state index contributed by atoms with van der Waals surface area (Å²) in [4.78, 5) is 2.05. The van der Waals surface area contributed by atoms with Crippen molar-refractivity contribution in [3.05, 3.63) is 46.9 Å². The lowest BCUT2D eigenvalue weighted by molar-refractivity contribution is 0.601. The van der Waals surface area contributed by atoms with Crippen LogP contribution in [0.2, 0.25) is 0 Å². The second kappa shape index (κ2) is 5.95. The second-order valence-corrected chi connectivity index (χ2v) is 7.24. The lowest BCUT2D eigenvalue weighted by Gasteiger charge is -2.14. The highest BCUT2D eigenvalue weighted by Gasteiger charge is 2.18. The van der Waals surface area contributed by atoms with Crippen molar-refractivity contribution in [3.63, 3.8) is 0 Å². The molecule has 0 aliphatic heterocycles. The van der Waals surface area contributed by atoms with E-state index in [1.54, 1.807) is 24.3 Å². The molecular weight excluding hydrogens is 354 g/mol. The molecule has 0 heterocycles. The zero-order valence-electron chi connectivity index (χ0n) is 11.7. The van der Waals surface area contributed by atoms with Crippen molar-refractivity contribution in [2.24, 2.45) is 0 Å². The van der Waals surface area contributed by atoms with Crippen molar-refractivity contribution in [3.8, 4) is 0 Å². The van der Waals surface area contributed by atoms with Gasteiger partial charge >= 0.3 is 0 Å². The van der Waals surface area contributed by atoms with E-state index in [9.17, 15) is 8.42 Å². The van der Waals surface area contributed by atoms with E-state index < -0.39 is 10.0 Å². The van der Waals surface area contributed by atoms with Gasteiger partial charge in [-0.3, -0.25) is 4.72 Å². The summed E-state index contributed by atoms with van der Waals surface area (Å²) in [6, 6.07) is 11.8. The highest BCUT2D eigenvalue weighted by molar-refractivity contribution is 9.10. The average Bonchev–Trinajstić information content (AvgIpc) is 2.41. The van der Waals surface area contributed by atoms with Crippen LogP contribution < -0.4 is 15.4 Å². The van der Waals surface area contributed by atoms with Crippen LogP contribution in [0.4, 0.5) is 17.1 Å². The molecule has 0 spiro atoms. The molecule has 5 nitrogen and oxygen atoms in total. The summed E-state index contributed by atoms with van der Waals surface area (Å²) in [6.07, 6.45) is 0. The van der Waals surface area contributed by atoms with Crippen molar-refractivity contribution < 1.29 is 8.42 Å². The Morgan fingerprint density at radius 3 is 2.29 bits per heavy atom. The summed E-state index contributed by atoms with van der Waals surface area (Å²) < 4.78 is 27.8. The quantitative estimate of drug-likeness (QED) is 0.812. The van der Waals surface area contributed by atoms with Gasteiger partial charge in [-0.25, -0.2) is 8.42 Å². The molecule has 2 rings (SSSR count). The summed E-state index contributed by atoms with van der Waals surface area (Å²) in [6.45, 7) is 0. The Balaban J connectivity index is 2.31. The molecule has 0 saturated carbocycles. The maximum atomic E-state index is 12.4. The molecule has 0 aromatic heterocycles. The van der Waals surface area contributed by atoms with Gasteiger partial charge in [0.25, 0.3) is 10.0 Å². The molecule has 0 saturated heterocycles. The summed E-state index contributed by atoms with van der Waals surface area (Å²) in [7, 11) is 0.149. The lowest BCUT2D eigenvalue weighted by atomic mass is 10.3. The maximum Gasteiger partial charge on any atom is 0.263 e. The van der Waals surface area contributed by atoms with Crippen LogP contribution >= 0.6 is 15.9 Å². The number of benzene rings is 2. The second-order valence-electron chi connectivity index (χ2n) is 4.74. The van der Waals surface area contributed by atoms with E-state index in [4.69, 9.17) is 5.73 Å². The normalized spacial score (nSPS) is 11.2. The molecule has 0 amide bonds. The van der Waals surface area contributed by atoms with Gasteiger partial charge in [-0.2, -0.15) is 0 Å². The molecular formula is C14H16BrN3O2S. The van der Waals surface area contributed by atoms with Crippen molar-refractivity contribution in [1.82, 2.24) is 0 Å². The largest absolute Gasteiger partial charge is 0.399 e. The van der Waals surface area contributed by atoms with Crippen LogP contribution in [0.25, 0.3) is 0 Å². The third-order valence-corrected chi connectivity index (χ3v) is 5.26. The number of nitrogens with one attached hydrogen (secondary N) is 1. The van der Waals surface area contributed by atoms with E-state index in [-0.39, 0.29) is 4.90 Å². The molecule has 0 aliphatic carbocycles. The zero-order valence-corrected chi connectivity index (χ0v) is 14.1. The van der Waals surface area contributed by atoms with Gasteiger partial charge in [0.1, 0.15) is 4.90 Å². The summed E-state index contributed by atoms with van der Waals surface area (Å²) >= 11 is 3.23. The molecule has 0 aliphatic rings. The lowest BCUT2D eigenvalue weighted by Crippen LogP contribution is -2.14. The van der Waals surface area contributed by atoms with Crippen molar-refractivity contribution in [2.45, 2.75) is 4.90 Å². The Morgan fingerprint density at radius 1 is 1.10 bits per heavy atom. The van der Waals surface area contributed by atoms with E-state index in [0.29, 0.717) is 15.8 Å². The molecule has 7 heteroatoms. The fourth-order valence-electron chi connectivity index (χ4n) is 1.76. The topological polar surface area (TPSA) is 75.4 Å². The van der Waals surface area contributed by atoms with Crippen LogP contribution in [0.3, 0.4) is 0 Å². The van der Waals surface area contributed by atoms with Crippen molar-refractivity contribution >= 4 is 43.0 Å². The Labute approximate surface area is 132 Å². The Kier molecular flexibility index (Phi) is 4.43. The highest BCUT2D eigenvalue weighted by Crippen LogP contribution is 2.26. The fourth-order valence-corrected chi connectivity index (χ4v) is 3.82. The molecule has 0 radical (unpaired) electrons. The van der Waals surface area contributed by atoms with E-state index in [1.165, 1.54) is 6.07 Å². The summed E-state index contributed by atoms with van der Waals surface area (Å²) in [5.41, 5.74) is 7.53. The number of hydrogen-bond donors (Lipinski definition) is 2. The first-order valence-electron chi connectivity index (χ1n) is 6.15. The molecule has 0 fully saturated rings. The van der Waals surface area contributed by atoms with Gasteiger partial charge in [0.2, 0.25) is 0 Å². The molecule has 112 valence electrons. The Bertz CT molecular complexity index is 743. The van der Waals surface area contributed by atoms with Gasteiger partial charge in [-0.05, 0) is 58.4 Å². The first-order valence-corrected chi connectivity index (χ1v) is 8.42. The SMILES string of the molecule is CN(C)c1ccc(NS(=O)(=O)c2cc(N)ccc2Br)cc1. The molecule has 2 aromatic rings. The van der Waals surface area contributed by atoms with Crippen LogP contribution in [-0.2, 0) is 10.0 Å². The predicted molar refractivity (Wildman–Crippen MR) is 90.1 cm³/mol. The standard InChI is InChI=1S/C14H16BrN3O2S/c1-18(2)12-6-4-11(5-7-12)17-21(19,20)14-9-10(16)3-8-13(14)15/h3-9,17H,16H2,1-2H3. The van der Waals surface area contributed by atoms with Gasteiger partial charge in [0.05, 0.1) is 0 Å². The number of hydrogen-bond acceptors (Lipinski definition) is 4. The Hall–Kier alpha value is -1.73. The Morgan fingerprint density at radius 2 is 1.71 bits per heavy atom. The van der Waals surface area contributed by atoms with Crippen LogP contribution in [0.1, 0.15) is 0 Å². The van der Waals surface area contributed by atoms with Gasteiger partial charge < -0.3 is 10.6 Å². The maximum absolute atomic E-state index is 12.4. The fraction of sp³-hybridized carbons (Fsp3) is 0.143. The minimum atomic E-state index is -3.69. The van der Waals surface area contributed by atoms with Crippen molar-refractivity contribution in [1.29, 1.82) is 0 Å². The van der Waals surface area contributed by atoms with Gasteiger partial charge in [-0.15, -0.1) is 0 Å². The predicted octanol–water partition coefficient (Wildman–Crippen LogP) is 2.90. The number of nitrogens with zero attached hydrogens (tertiary/aromatic N) is 1. The van der Waals surface area contributed by atoms with E-state index in [0.717, 1.165) is 5.69 Å². The number of nitrogens with two attached hydrogens (primary N) is 1. The first-order chi connectivity index (χ1) is 9.79. The summed E-state index contributed by atoms with van der Waals surface area (Å²) in [5, 5.41) is 0. The van der Waals surface area contributed by atoms with E-state index >= 15 is 0 Å². The zero-order chi connectivity index (χ0) is 15.6. The van der Waals surface area contributed by atoms with Gasteiger partial charge in [0.15, 0.2) is 0 Å². The van der Waals surface area contributed by atoms with E-state index in [1.807, 2.05) is 31.1 Å². The molecule has 0 unspecified atom stereocenters. The minimum Gasteiger partial charge on any atom is -0.399 e. The summed E-state index contributed by atoms with van der Waals surface area (Å²) in [5.74, 6) is 0. The van der Waals surface area contributed by atoms with Crippen LogP contribution in [0.15, 0.2) is 51.8 Å². The number of anilines is 3. The molecule has 2 aromatic carbocycles. The average molecular weight is 370 g/mol. The monoisotopic (exact) mass is 369 g/mol. The van der Waals surface area contributed by atoms with Crippen LogP contribution in [-0.4, -0.2) is 22.5 Å². The molecule has 3 N–H and O–H groups in total. The first kappa shape index (κ1) is 15.7. The number of rotatable bonds is 4. The van der Waals surface area contributed by atoms with Crippen molar-refractivity contribution in [2.75, 3.05) is 29.5 Å². The number of nitrogen functional groups attached to an aromatic ring is 1. The van der Waals surface area contributed by atoms with Crippen LogP contribution in [0.5, 0.6) is 0 Å². The van der Waals surface area contributed by atoms with Gasteiger partial charge in [-0.1, -0.05) is 0 Å². The third-order valence-electron chi connectivity index (χ3n) is 2.88. The van der Waals surface area contributed by atoms with Gasteiger partial charge in [0, 0.05) is 35.6 Å². The molecule has 0 bridgehead atoms. The molecule has 0 atom stereocenters. The number of sulfonamides is 1. The minimum absolute atomic E-state index is 0.110. The smallest absolute Gasteiger partial charge is 0.263 e. The molecule has 21 heavy (non-hydrogen) atoms. The third kappa shape index (κ3) is 3.68. The number of halogens is 1. The highest BCUT2D eigenvalue weighted by atomic mass is 79.9. The van der Waals surface area contributed by atoms with Crippen LogP contribution in [0, 0.1) is 0 Å². The van der Waals surface area contributed by atoms with E-state index in [2.05, 4.69) is 20.7 Å².